The maximum atomic E-state index is 12.2. The Balaban J connectivity index is 1.66. The summed E-state index contributed by atoms with van der Waals surface area (Å²) in [5, 5.41) is 0. The lowest BCUT2D eigenvalue weighted by Gasteiger charge is -2.16. The molecule has 1 aliphatic heterocycles. The molecule has 1 amide bonds. The molecule has 1 aliphatic carbocycles. The van der Waals surface area contributed by atoms with E-state index in [0.717, 1.165) is 32.1 Å². The lowest BCUT2D eigenvalue weighted by Crippen LogP contribution is -2.35. The monoisotopic (exact) mass is 343 g/mol. The smallest absolute Gasteiger partial charge is 0.274 e. The van der Waals surface area contributed by atoms with Gasteiger partial charge in [0.05, 0.1) is 16.7 Å². The van der Waals surface area contributed by atoms with Crippen LogP contribution in [0.4, 0.5) is 0 Å². The molecule has 7 heteroatoms. The van der Waals surface area contributed by atoms with Gasteiger partial charge in [-0.2, -0.15) is 0 Å². The number of carbonyl (C=O) groups excluding carboxylic acids is 1. The van der Waals surface area contributed by atoms with Crippen LogP contribution in [0.25, 0.3) is 0 Å². The summed E-state index contributed by atoms with van der Waals surface area (Å²) in [5.74, 6) is -0.0211. The first-order valence-corrected chi connectivity index (χ1v) is 10.2. The first-order valence-electron chi connectivity index (χ1n) is 7.71. The van der Waals surface area contributed by atoms with Gasteiger partial charge in [0.1, 0.15) is 0 Å². The molecule has 1 saturated heterocycles. The Morgan fingerprint density at radius 2 is 2.27 bits per heavy atom. The first kappa shape index (κ1) is 16.0. The second-order valence-electron chi connectivity index (χ2n) is 6.25. The van der Waals surface area contributed by atoms with Crippen molar-refractivity contribution in [2.45, 2.75) is 45.1 Å². The van der Waals surface area contributed by atoms with Gasteiger partial charge in [-0.1, -0.05) is 6.92 Å². The molecular weight excluding hydrogens is 322 g/mol. The predicted octanol–water partition coefficient (Wildman–Crippen LogP) is 2.11. The average Bonchev–Trinajstić information content (AvgIpc) is 3.05. The number of rotatable bonds is 4. The van der Waals surface area contributed by atoms with Crippen LogP contribution in [-0.4, -0.2) is 32.8 Å². The van der Waals surface area contributed by atoms with Gasteiger partial charge in [0.2, 0.25) is 10.0 Å². The number of hydrogen-bond acceptors (Lipinski definition) is 5. The molecule has 22 heavy (non-hydrogen) atoms. The molecule has 0 radical (unpaired) electrons. The molecule has 0 aromatic carbocycles. The molecule has 1 N–H and O–H groups in total. The minimum atomic E-state index is -3.64. The van der Waals surface area contributed by atoms with E-state index in [1.165, 1.54) is 21.8 Å². The maximum absolute atomic E-state index is 12.2. The van der Waals surface area contributed by atoms with Crippen molar-refractivity contribution in [1.82, 2.24) is 4.72 Å². The highest BCUT2D eigenvalue weighted by Gasteiger charge is 2.27. The van der Waals surface area contributed by atoms with Gasteiger partial charge in [-0.05, 0) is 49.7 Å². The summed E-state index contributed by atoms with van der Waals surface area (Å²) in [5.41, 5.74) is 1.20. The molecule has 2 atom stereocenters. The normalized spacial score (nSPS) is 25.0. The Morgan fingerprint density at radius 3 is 3.00 bits per heavy atom. The van der Waals surface area contributed by atoms with Crippen LogP contribution in [0.3, 0.4) is 0 Å². The molecule has 2 heterocycles. The lowest BCUT2D eigenvalue weighted by molar-refractivity contribution is 0.0983. The molecule has 3 rings (SSSR count). The van der Waals surface area contributed by atoms with Crippen LogP contribution in [0.1, 0.15) is 46.3 Å². The van der Waals surface area contributed by atoms with Crippen LogP contribution < -0.4 is 4.72 Å². The number of thiophene rings is 1. The Labute approximate surface area is 135 Å². The molecule has 1 aromatic heterocycles. The fourth-order valence-electron chi connectivity index (χ4n) is 3.07. The van der Waals surface area contributed by atoms with Gasteiger partial charge in [0.15, 0.2) is 0 Å². The van der Waals surface area contributed by atoms with Gasteiger partial charge >= 0.3 is 0 Å². The van der Waals surface area contributed by atoms with Crippen molar-refractivity contribution < 1.29 is 17.9 Å². The summed E-state index contributed by atoms with van der Waals surface area (Å²) >= 11 is 1.42. The Hall–Kier alpha value is -0.920. The van der Waals surface area contributed by atoms with E-state index in [-0.39, 0.29) is 11.9 Å². The predicted molar refractivity (Wildman–Crippen MR) is 85.7 cm³/mol. The Kier molecular flexibility index (Phi) is 4.56. The summed E-state index contributed by atoms with van der Waals surface area (Å²) in [6.45, 7) is 2.80. The summed E-state index contributed by atoms with van der Waals surface area (Å²) in [6, 6.07) is 1.85. The van der Waals surface area contributed by atoms with Crippen LogP contribution in [0.15, 0.2) is 6.07 Å². The molecule has 1 fully saturated rings. The minimum absolute atomic E-state index is 0.138. The van der Waals surface area contributed by atoms with E-state index in [9.17, 15) is 13.2 Å². The zero-order valence-electron chi connectivity index (χ0n) is 12.6. The van der Waals surface area contributed by atoms with Crippen molar-refractivity contribution in [3.8, 4) is 0 Å². The van der Waals surface area contributed by atoms with Crippen LogP contribution in [-0.2, 0) is 27.6 Å². The minimum Gasteiger partial charge on any atom is -0.377 e. The molecule has 2 aliphatic rings. The number of amides is 1. The van der Waals surface area contributed by atoms with E-state index >= 15 is 0 Å². The Morgan fingerprint density at radius 1 is 1.45 bits per heavy atom. The SMILES string of the molecule is CC1CCc2sc(C(=O)NS(=O)(=O)CC3CCCO3)cc2C1. The highest BCUT2D eigenvalue weighted by Crippen LogP contribution is 2.32. The van der Waals surface area contributed by atoms with Gasteiger partial charge in [-0.25, -0.2) is 13.1 Å². The van der Waals surface area contributed by atoms with Crippen LogP contribution >= 0.6 is 11.3 Å². The summed E-state index contributed by atoms with van der Waals surface area (Å²) in [6.07, 6.45) is 4.41. The van der Waals surface area contributed by atoms with E-state index < -0.39 is 15.9 Å². The highest BCUT2D eigenvalue weighted by atomic mass is 32.2. The summed E-state index contributed by atoms with van der Waals surface area (Å²) in [7, 11) is -3.64. The number of hydrogen-bond donors (Lipinski definition) is 1. The van der Waals surface area contributed by atoms with Gasteiger partial charge in [-0.3, -0.25) is 4.79 Å². The highest BCUT2D eigenvalue weighted by molar-refractivity contribution is 7.90. The standard InChI is InChI=1S/C15H21NO4S2/c1-10-4-5-13-11(7-10)8-14(21-13)15(17)16-22(18,19)9-12-3-2-6-20-12/h8,10,12H,2-7,9H2,1H3,(H,16,17). The van der Waals surface area contributed by atoms with Crippen LogP contribution in [0.5, 0.6) is 0 Å². The molecule has 5 nitrogen and oxygen atoms in total. The third-order valence-electron chi connectivity index (χ3n) is 4.23. The van der Waals surface area contributed by atoms with Crippen LogP contribution in [0.2, 0.25) is 0 Å². The molecule has 2 unspecified atom stereocenters. The van der Waals surface area contributed by atoms with E-state index in [0.29, 0.717) is 17.4 Å². The molecular formula is C15H21NO4S2. The van der Waals surface area contributed by atoms with Crippen molar-refractivity contribution in [3.05, 3.63) is 21.4 Å². The van der Waals surface area contributed by atoms with E-state index in [4.69, 9.17) is 4.74 Å². The van der Waals surface area contributed by atoms with Gasteiger partial charge in [0, 0.05) is 11.5 Å². The number of carbonyl (C=O) groups is 1. The van der Waals surface area contributed by atoms with Crippen molar-refractivity contribution in [3.63, 3.8) is 0 Å². The second kappa shape index (κ2) is 6.29. The second-order valence-corrected chi connectivity index (χ2v) is 9.16. The zero-order valence-corrected chi connectivity index (χ0v) is 14.3. The van der Waals surface area contributed by atoms with E-state index in [1.54, 1.807) is 0 Å². The summed E-state index contributed by atoms with van der Waals surface area (Å²) in [4.78, 5) is 13.9. The van der Waals surface area contributed by atoms with Gasteiger partial charge < -0.3 is 4.74 Å². The average molecular weight is 343 g/mol. The molecule has 0 bridgehead atoms. The molecule has 1 aromatic rings. The molecule has 0 saturated carbocycles. The van der Waals surface area contributed by atoms with Crippen LogP contribution in [0, 0.1) is 5.92 Å². The summed E-state index contributed by atoms with van der Waals surface area (Å²) < 4.78 is 31.6. The van der Waals surface area contributed by atoms with E-state index in [2.05, 4.69) is 11.6 Å². The number of fused-ring (bicyclic) bond motifs is 1. The topological polar surface area (TPSA) is 72.5 Å². The number of aryl methyl sites for hydroxylation is 1. The third-order valence-corrected chi connectivity index (χ3v) is 6.77. The number of nitrogens with one attached hydrogen (secondary N) is 1. The van der Waals surface area contributed by atoms with E-state index in [1.807, 2.05) is 6.07 Å². The molecule has 0 spiro atoms. The van der Waals surface area contributed by atoms with Gasteiger partial charge in [-0.15, -0.1) is 11.3 Å². The first-order chi connectivity index (χ1) is 10.4. The maximum Gasteiger partial charge on any atom is 0.274 e. The largest absolute Gasteiger partial charge is 0.377 e. The van der Waals surface area contributed by atoms with Crippen molar-refractivity contribution in [2.75, 3.05) is 12.4 Å². The Bertz CT molecular complexity index is 659. The lowest BCUT2D eigenvalue weighted by atomic mass is 9.90. The quantitative estimate of drug-likeness (QED) is 0.909. The fraction of sp³-hybridized carbons (Fsp3) is 0.667. The number of ether oxygens (including phenoxy) is 1. The van der Waals surface area contributed by atoms with Crippen molar-refractivity contribution in [2.24, 2.45) is 5.92 Å². The zero-order chi connectivity index (χ0) is 15.7. The van der Waals surface area contributed by atoms with Crippen molar-refractivity contribution in [1.29, 1.82) is 0 Å². The third kappa shape index (κ3) is 3.70. The molecule has 122 valence electrons. The number of sulfonamides is 1. The van der Waals surface area contributed by atoms with Crippen molar-refractivity contribution >= 4 is 27.3 Å². The fourth-order valence-corrected chi connectivity index (χ4v) is 5.47. The van der Waals surface area contributed by atoms with Gasteiger partial charge in [0.25, 0.3) is 5.91 Å².